The molecular weight excluding hydrogens is 599 g/mol. The fourth-order valence-corrected chi connectivity index (χ4v) is 6.70. The van der Waals surface area contributed by atoms with Crippen molar-refractivity contribution in [1.82, 2.24) is 24.5 Å². The number of rotatable bonds is 10. The summed E-state index contributed by atoms with van der Waals surface area (Å²) in [6.07, 6.45) is 1.51. The Balaban J connectivity index is 0.00000114. The first-order valence-electron chi connectivity index (χ1n) is 13.6. The highest BCUT2D eigenvalue weighted by molar-refractivity contribution is 7.51. The predicted molar refractivity (Wildman–Crippen MR) is 171 cm³/mol. The van der Waals surface area contributed by atoms with E-state index < -0.39 is 7.75 Å². The fraction of sp³-hybridized carbons (Fsp3) is 0.481. The van der Waals surface area contributed by atoms with Crippen molar-refractivity contribution in [2.75, 3.05) is 76.1 Å². The molecule has 1 aliphatic rings. The second-order valence-electron chi connectivity index (χ2n) is 9.79. The zero-order valence-electron chi connectivity index (χ0n) is 25.2. The number of nitrogens with one attached hydrogen (secondary N) is 2. The van der Waals surface area contributed by atoms with Crippen molar-refractivity contribution in [1.29, 1.82) is 0 Å². The fourth-order valence-electron chi connectivity index (χ4n) is 3.99. The summed E-state index contributed by atoms with van der Waals surface area (Å²) >= 11 is 7.45. The van der Waals surface area contributed by atoms with Gasteiger partial charge in [0.05, 0.1) is 30.1 Å². The van der Waals surface area contributed by atoms with Crippen LogP contribution in [0.1, 0.15) is 34.9 Å². The summed E-state index contributed by atoms with van der Waals surface area (Å²) in [6, 6.07) is 7.28. The molecule has 1 amide bonds. The highest BCUT2D eigenvalue weighted by atomic mass is 35.5. The van der Waals surface area contributed by atoms with Gasteiger partial charge in [0.1, 0.15) is 22.3 Å². The topological polar surface area (TPSA) is 125 Å². The van der Waals surface area contributed by atoms with Crippen molar-refractivity contribution in [2.45, 2.75) is 27.7 Å². The van der Waals surface area contributed by atoms with Crippen molar-refractivity contribution in [2.24, 2.45) is 0 Å². The Morgan fingerprint density at radius 2 is 1.74 bits per heavy atom. The van der Waals surface area contributed by atoms with E-state index >= 15 is 0 Å². The summed E-state index contributed by atoms with van der Waals surface area (Å²) in [6.45, 7) is 10.2. The van der Waals surface area contributed by atoms with Crippen LogP contribution in [-0.4, -0.2) is 91.0 Å². The lowest BCUT2D eigenvalue weighted by atomic mass is 10.2. The Labute approximate surface area is 257 Å². The Bertz CT molecular complexity index is 1350. The minimum absolute atomic E-state index is 0.291. The van der Waals surface area contributed by atoms with Crippen molar-refractivity contribution in [3.8, 4) is 0 Å². The molecule has 0 aliphatic carbocycles. The molecule has 230 valence electrons. The van der Waals surface area contributed by atoms with Crippen LogP contribution in [0.4, 0.5) is 22.5 Å². The highest BCUT2D eigenvalue weighted by Gasteiger charge is 2.35. The molecule has 1 aliphatic heterocycles. The number of carbonyl (C=O) groups is 1. The van der Waals surface area contributed by atoms with Gasteiger partial charge < -0.3 is 20.4 Å². The van der Waals surface area contributed by atoms with Gasteiger partial charge in [0, 0.05) is 32.2 Å². The third-order valence-corrected chi connectivity index (χ3v) is 9.25. The van der Waals surface area contributed by atoms with Crippen LogP contribution in [0, 0.1) is 13.8 Å². The number of carbonyl (C=O) groups excluding carboxylic acids is 1. The molecule has 1 fully saturated rings. The average molecular weight is 639 g/mol. The second kappa shape index (κ2) is 15.7. The number of amides is 1. The van der Waals surface area contributed by atoms with Crippen LogP contribution in [0.3, 0.4) is 0 Å². The van der Waals surface area contributed by atoms with Crippen LogP contribution in [0.2, 0.25) is 5.02 Å². The van der Waals surface area contributed by atoms with Crippen LogP contribution in [0.25, 0.3) is 0 Å². The van der Waals surface area contributed by atoms with Crippen molar-refractivity contribution >= 4 is 59.0 Å². The monoisotopic (exact) mass is 638 g/mol. The number of hydrogen-bond donors (Lipinski definition) is 2. The van der Waals surface area contributed by atoms with Crippen molar-refractivity contribution in [3.63, 3.8) is 0 Å². The first kappa shape index (κ1) is 33.9. The van der Waals surface area contributed by atoms with Gasteiger partial charge in [-0.3, -0.25) is 13.8 Å². The molecule has 0 unspecified atom stereocenters. The van der Waals surface area contributed by atoms with Gasteiger partial charge in [0.15, 0.2) is 5.13 Å². The van der Waals surface area contributed by atoms with E-state index in [1.54, 1.807) is 24.6 Å². The SMILES string of the molecule is CCOP(=O)(OCC)N1CCN(c2cc(Nc3ncc(C(=O)Nc4c(C)cccc4Cl)s3)nc(C)n2)CC1.CN(C)C. The van der Waals surface area contributed by atoms with E-state index in [4.69, 9.17) is 20.6 Å². The Kier molecular flexibility index (Phi) is 12.7. The summed E-state index contributed by atoms with van der Waals surface area (Å²) in [5.74, 6) is 1.60. The van der Waals surface area contributed by atoms with E-state index in [-0.39, 0.29) is 5.91 Å². The van der Waals surface area contributed by atoms with Gasteiger partial charge in [-0.1, -0.05) is 35.1 Å². The molecule has 42 heavy (non-hydrogen) atoms. The number of anilines is 4. The Morgan fingerprint density at radius 3 is 2.33 bits per heavy atom. The number of piperazine rings is 1. The van der Waals surface area contributed by atoms with E-state index in [0.29, 0.717) is 71.8 Å². The van der Waals surface area contributed by atoms with Gasteiger partial charge >= 0.3 is 7.75 Å². The molecule has 15 heteroatoms. The number of thiazole rings is 1. The van der Waals surface area contributed by atoms with Gasteiger partial charge in [-0.25, -0.2) is 24.2 Å². The molecule has 12 nitrogen and oxygen atoms in total. The van der Waals surface area contributed by atoms with Crippen LogP contribution in [0.5, 0.6) is 0 Å². The summed E-state index contributed by atoms with van der Waals surface area (Å²) in [4.78, 5) is 30.7. The molecule has 0 atom stereocenters. The van der Waals surface area contributed by atoms with Gasteiger partial charge in [0.25, 0.3) is 5.91 Å². The van der Waals surface area contributed by atoms with Crippen molar-refractivity contribution in [3.05, 3.63) is 51.7 Å². The van der Waals surface area contributed by atoms with E-state index in [1.807, 2.05) is 58.1 Å². The lowest BCUT2D eigenvalue weighted by Crippen LogP contribution is -2.45. The molecule has 0 bridgehead atoms. The van der Waals surface area contributed by atoms with E-state index in [1.165, 1.54) is 17.5 Å². The zero-order valence-corrected chi connectivity index (χ0v) is 27.6. The van der Waals surface area contributed by atoms with Crippen LogP contribution < -0.4 is 15.5 Å². The smallest absolute Gasteiger partial charge is 0.354 e. The largest absolute Gasteiger partial charge is 0.408 e. The summed E-state index contributed by atoms with van der Waals surface area (Å²) in [5.41, 5.74) is 1.45. The molecule has 4 rings (SSSR count). The standard InChI is InChI=1S/C24H31ClN7O4PS.C3H9N/c1-5-35-37(34,36-6-2)32-12-10-31(11-13-32)21-14-20(27-17(4)28-21)29-24-26-15-19(38-24)23(33)30-22-16(3)8-7-9-18(22)25;1-4(2)3/h7-9,14-15H,5-6,10-13H2,1-4H3,(H,30,33)(H,26,27,28,29);1-3H3. The predicted octanol–water partition coefficient (Wildman–Crippen LogP) is 5.68. The van der Waals surface area contributed by atoms with Crippen LogP contribution in [0.15, 0.2) is 30.5 Å². The molecule has 1 saturated heterocycles. The number of halogens is 1. The number of para-hydroxylation sites is 1. The van der Waals surface area contributed by atoms with Gasteiger partial charge in [-0.2, -0.15) is 0 Å². The first-order valence-corrected chi connectivity index (χ1v) is 16.3. The van der Waals surface area contributed by atoms with Gasteiger partial charge in [0.2, 0.25) is 0 Å². The van der Waals surface area contributed by atoms with Crippen LogP contribution in [-0.2, 0) is 13.6 Å². The minimum Gasteiger partial charge on any atom is -0.354 e. The number of aromatic nitrogens is 3. The maximum Gasteiger partial charge on any atom is 0.408 e. The lowest BCUT2D eigenvalue weighted by Gasteiger charge is -2.37. The minimum atomic E-state index is -3.30. The average Bonchev–Trinajstić information content (AvgIpc) is 3.39. The normalized spacial score (nSPS) is 14.0. The Hall–Kier alpha value is -2.64. The first-order chi connectivity index (χ1) is 19.9. The number of nitrogens with zero attached hydrogens (tertiary/aromatic N) is 6. The molecule has 0 saturated carbocycles. The molecule has 3 heterocycles. The molecular formula is C27H40ClN8O4PS. The number of aryl methyl sites for hydroxylation is 2. The molecule has 1 aromatic carbocycles. The van der Waals surface area contributed by atoms with E-state index in [9.17, 15) is 9.36 Å². The summed E-state index contributed by atoms with van der Waals surface area (Å²) in [7, 11) is 2.70. The van der Waals surface area contributed by atoms with Gasteiger partial charge in [-0.05, 0) is 60.5 Å². The maximum absolute atomic E-state index is 13.1. The van der Waals surface area contributed by atoms with E-state index in [2.05, 4.69) is 30.5 Å². The molecule has 3 aromatic rings. The maximum atomic E-state index is 13.1. The zero-order chi connectivity index (χ0) is 30.9. The molecule has 2 aromatic heterocycles. The molecule has 0 spiro atoms. The Morgan fingerprint density at radius 1 is 1.10 bits per heavy atom. The second-order valence-corrected chi connectivity index (χ2v) is 13.2. The third kappa shape index (κ3) is 9.43. The number of hydrogen-bond acceptors (Lipinski definition) is 11. The molecule has 0 radical (unpaired) electrons. The third-order valence-electron chi connectivity index (χ3n) is 5.76. The summed E-state index contributed by atoms with van der Waals surface area (Å²) < 4.78 is 25.8. The van der Waals surface area contributed by atoms with Gasteiger partial charge in [-0.15, -0.1) is 0 Å². The lowest BCUT2D eigenvalue weighted by molar-refractivity contribution is 0.103. The number of benzene rings is 1. The molecule has 2 N–H and O–H groups in total. The quantitative estimate of drug-likeness (QED) is 0.266. The van der Waals surface area contributed by atoms with E-state index in [0.717, 1.165) is 11.4 Å². The summed E-state index contributed by atoms with van der Waals surface area (Å²) in [5, 5.41) is 7.04. The highest BCUT2D eigenvalue weighted by Crippen LogP contribution is 2.52. The van der Waals surface area contributed by atoms with Crippen molar-refractivity contribution < 1.29 is 18.4 Å². The van der Waals surface area contributed by atoms with Crippen LogP contribution >= 0.6 is 30.7 Å².